The lowest BCUT2D eigenvalue weighted by molar-refractivity contribution is -0.122. The van der Waals surface area contributed by atoms with Crippen LogP contribution >= 0.6 is 23.2 Å². The van der Waals surface area contributed by atoms with Crippen LogP contribution in [0.15, 0.2) is 36.4 Å². The number of nitrogens with one attached hydrogen (secondary N) is 2. The molecule has 8 heteroatoms. The van der Waals surface area contributed by atoms with Gasteiger partial charge in [-0.3, -0.25) is 9.59 Å². The Morgan fingerprint density at radius 2 is 2.00 bits per heavy atom. The minimum absolute atomic E-state index is 0.0412. The van der Waals surface area contributed by atoms with Gasteiger partial charge in [-0.25, -0.2) is 0 Å². The van der Waals surface area contributed by atoms with Gasteiger partial charge < -0.3 is 20.3 Å². The zero-order chi connectivity index (χ0) is 20.3. The molecule has 2 N–H and O–H groups in total. The summed E-state index contributed by atoms with van der Waals surface area (Å²) in [5.41, 5.74) is 2.29. The summed E-state index contributed by atoms with van der Waals surface area (Å²) < 4.78 is 5.69. The Hall–Kier alpha value is -2.44. The van der Waals surface area contributed by atoms with Gasteiger partial charge in [-0.15, -0.1) is 0 Å². The van der Waals surface area contributed by atoms with Crippen molar-refractivity contribution in [3.8, 4) is 5.75 Å². The van der Waals surface area contributed by atoms with E-state index < -0.39 is 6.10 Å². The van der Waals surface area contributed by atoms with Crippen LogP contribution < -0.4 is 20.3 Å². The van der Waals surface area contributed by atoms with Crippen molar-refractivity contribution in [3.05, 3.63) is 52.0 Å². The van der Waals surface area contributed by atoms with E-state index in [-0.39, 0.29) is 18.4 Å². The van der Waals surface area contributed by atoms with E-state index in [0.29, 0.717) is 34.6 Å². The van der Waals surface area contributed by atoms with Crippen molar-refractivity contribution in [2.75, 3.05) is 29.9 Å². The summed E-state index contributed by atoms with van der Waals surface area (Å²) >= 11 is 12.5. The van der Waals surface area contributed by atoms with E-state index in [1.165, 1.54) is 0 Å². The molecule has 1 aliphatic heterocycles. The molecule has 2 aromatic rings. The van der Waals surface area contributed by atoms with Crippen molar-refractivity contribution in [1.82, 2.24) is 5.32 Å². The van der Waals surface area contributed by atoms with Crippen molar-refractivity contribution in [1.29, 1.82) is 0 Å². The summed E-state index contributed by atoms with van der Waals surface area (Å²) in [6, 6.07) is 10.6. The molecule has 2 amide bonds. The van der Waals surface area contributed by atoms with Gasteiger partial charge in [-0.1, -0.05) is 29.3 Å². The number of halogens is 2. The molecular weight excluding hydrogens is 401 g/mol. The molecule has 2 aromatic carbocycles. The van der Waals surface area contributed by atoms with Crippen LogP contribution in [0.4, 0.5) is 11.4 Å². The minimum atomic E-state index is -0.747. The number of nitrogens with zero attached hydrogens (tertiary/aromatic N) is 1. The van der Waals surface area contributed by atoms with Gasteiger partial charge in [-0.05, 0) is 49.7 Å². The number of aryl methyl sites for hydroxylation is 1. The van der Waals surface area contributed by atoms with E-state index in [4.69, 9.17) is 27.9 Å². The lowest BCUT2D eigenvalue weighted by Crippen LogP contribution is -2.47. The molecule has 28 heavy (non-hydrogen) atoms. The summed E-state index contributed by atoms with van der Waals surface area (Å²) in [4.78, 5) is 25.9. The van der Waals surface area contributed by atoms with E-state index >= 15 is 0 Å². The normalized spacial score (nSPS) is 15.0. The van der Waals surface area contributed by atoms with Gasteiger partial charge in [0.15, 0.2) is 6.10 Å². The van der Waals surface area contributed by atoms with Gasteiger partial charge in [0.05, 0.1) is 22.3 Å². The van der Waals surface area contributed by atoms with Crippen LogP contribution in [0.5, 0.6) is 5.75 Å². The number of carbonyl (C=O) groups excluding carboxylic acids is 2. The first kappa shape index (κ1) is 20.3. The first-order valence-corrected chi connectivity index (χ1v) is 9.64. The average Bonchev–Trinajstić information content (AvgIpc) is 2.64. The fourth-order valence-electron chi connectivity index (χ4n) is 2.87. The monoisotopic (exact) mass is 421 g/mol. The molecule has 0 aromatic heterocycles. The van der Waals surface area contributed by atoms with Crippen LogP contribution in [0.2, 0.25) is 10.0 Å². The number of amides is 2. The third-order valence-corrected chi connectivity index (χ3v) is 4.97. The second-order valence-electron chi connectivity index (χ2n) is 6.62. The van der Waals surface area contributed by atoms with Crippen molar-refractivity contribution in [2.24, 2.45) is 0 Å². The second kappa shape index (κ2) is 8.71. The van der Waals surface area contributed by atoms with Gasteiger partial charge >= 0.3 is 0 Å². The van der Waals surface area contributed by atoms with Crippen molar-refractivity contribution < 1.29 is 14.3 Å². The Morgan fingerprint density at radius 3 is 2.71 bits per heavy atom. The molecule has 148 valence electrons. The Balaban J connectivity index is 1.65. The summed E-state index contributed by atoms with van der Waals surface area (Å²) in [7, 11) is 0. The molecule has 1 aliphatic rings. The van der Waals surface area contributed by atoms with E-state index in [0.717, 1.165) is 11.3 Å². The summed E-state index contributed by atoms with van der Waals surface area (Å²) in [5, 5.41) is 6.47. The molecule has 1 saturated heterocycles. The SMILES string of the molecule is Cc1ccc(Cl)c(OC(C)C(=O)Nc2ccc(N3CCNC(=O)C3)c(Cl)c2)c1. The molecule has 6 nitrogen and oxygen atoms in total. The van der Waals surface area contributed by atoms with Crippen LogP contribution in [0.3, 0.4) is 0 Å². The number of benzene rings is 2. The Morgan fingerprint density at radius 1 is 1.21 bits per heavy atom. The molecule has 0 saturated carbocycles. The molecule has 3 rings (SSSR count). The molecule has 1 fully saturated rings. The number of hydrogen-bond donors (Lipinski definition) is 2. The lowest BCUT2D eigenvalue weighted by atomic mass is 10.2. The maximum atomic E-state index is 12.5. The van der Waals surface area contributed by atoms with E-state index in [2.05, 4.69) is 10.6 Å². The number of hydrogen-bond acceptors (Lipinski definition) is 4. The molecule has 1 heterocycles. The molecule has 0 radical (unpaired) electrons. The average molecular weight is 422 g/mol. The zero-order valence-electron chi connectivity index (χ0n) is 15.6. The van der Waals surface area contributed by atoms with Crippen LogP contribution in [0.25, 0.3) is 0 Å². The highest BCUT2D eigenvalue weighted by molar-refractivity contribution is 6.33. The molecule has 1 unspecified atom stereocenters. The third-order valence-electron chi connectivity index (χ3n) is 4.35. The number of anilines is 2. The van der Waals surface area contributed by atoms with Crippen LogP contribution in [0, 0.1) is 6.92 Å². The first-order valence-electron chi connectivity index (χ1n) is 8.88. The quantitative estimate of drug-likeness (QED) is 0.772. The predicted octanol–water partition coefficient (Wildman–Crippen LogP) is 3.64. The topological polar surface area (TPSA) is 70.7 Å². The minimum Gasteiger partial charge on any atom is -0.479 e. The van der Waals surface area contributed by atoms with Crippen LogP contribution in [-0.2, 0) is 9.59 Å². The highest BCUT2D eigenvalue weighted by atomic mass is 35.5. The van der Waals surface area contributed by atoms with Gasteiger partial charge in [-0.2, -0.15) is 0 Å². The van der Waals surface area contributed by atoms with Gasteiger partial charge in [0.1, 0.15) is 5.75 Å². The summed E-state index contributed by atoms with van der Waals surface area (Å²) in [5.74, 6) is 0.0975. The number of piperazine rings is 1. The van der Waals surface area contributed by atoms with Gasteiger partial charge in [0.2, 0.25) is 5.91 Å². The number of rotatable bonds is 5. The van der Waals surface area contributed by atoms with Gasteiger partial charge in [0, 0.05) is 18.8 Å². The smallest absolute Gasteiger partial charge is 0.265 e. The lowest BCUT2D eigenvalue weighted by Gasteiger charge is -2.29. The zero-order valence-corrected chi connectivity index (χ0v) is 17.1. The van der Waals surface area contributed by atoms with Crippen LogP contribution in [0.1, 0.15) is 12.5 Å². The highest BCUT2D eigenvalue weighted by Crippen LogP contribution is 2.30. The molecule has 1 atom stereocenters. The molecule has 0 bridgehead atoms. The molecule has 0 aliphatic carbocycles. The van der Waals surface area contributed by atoms with Crippen molar-refractivity contribution >= 4 is 46.4 Å². The van der Waals surface area contributed by atoms with Crippen LogP contribution in [-0.4, -0.2) is 37.6 Å². The largest absolute Gasteiger partial charge is 0.479 e. The third kappa shape index (κ3) is 4.88. The van der Waals surface area contributed by atoms with E-state index in [1.807, 2.05) is 17.9 Å². The fourth-order valence-corrected chi connectivity index (χ4v) is 3.34. The van der Waals surface area contributed by atoms with E-state index in [1.54, 1.807) is 37.3 Å². The van der Waals surface area contributed by atoms with Crippen molar-refractivity contribution in [3.63, 3.8) is 0 Å². The van der Waals surface area contributed by atoms with E-state index in [9.17, 15) is 9.59 Å². The highest BCUT2D eigenvalue weighted by Gasteiger charge is 2.20. The maximum absolute atomic E-state index is 12.5. The standard InChI is InChI=1S/C20H21Cl2N3O3/c1-12-3-5-15(21)18(9-12)28-13(2)20(27)24-14-4-6-17(16(22)10-14)25-8-7-23-19(26)11-25/h3-6,9-10,13H,7-8,11H2,1-2H3,(H,23,26)(H,24,27). The maximum Gasteiger partial charge on any atom is 0.265 e. The van der Waals surface area contributed by atoms with Gasteiger partial charge in [0.25, 0.3) is 5.91 Å². The molecular formula is C20H21Cl2N3O3. The number of carbonyl (C=O) groups is 2. The first-order chi connectivity index (χ1) is 13.3. The summed E-state index contributed by atoms with van der Waals surface area (Å²) in [6.07, 6.45) is -0.747. The number of ether oxygens (including phenoxy) is 1. The Bertz CT molecular complexity index is 904. The predicted molar refractivity (Wildman–Crippen MR) is 112 cm³/mol. The fraction of sp³-hybridized carbons (Fsp3) is 0.300. The Kier molecular flexibility index (Phi) is 6.31. The van der Waals surface area contributed by atoms with Crippen molar-refractivity contribution in [2.45, 2.75) is 20.0 Å². The summed E-state index contributed by atoms with van der Waals surface area (Å²) in [6.45, 7) is 5.08. The molecule has 0 spiro atoms. The second-order valence-corrected chi connectivity index (χ2v) is 7.44. The Labute approximate surface area is 173 Å².